The van der Waals surface area contributed by atoms with Gasteiger partial charge in [0.1, 0.15) is 0 Å². The molecule has 0 radical (unpaired) electrons. The van der Waals surface area contributed by atoms with Gasteiger partial charge < -0.3 is 0 Å². The normalized spacial score (nSPS) is 10.2. The number of nitro benzene ring substituents is 1. The van der Waals surface area contributed by atoms with Crippen LogP contribution in [0.1, 0.15) is 16.1 Å². The highest BCUT2D eigenvalue weighted by atomic mass is 32.2. The maximum absolute atomic E-state index is 11.9. The number of nitrogens with one attached hydrogen (secondary N) is 1. The molecule has 1 N–H and O–H groups in total. The molecular formula is C13H11N3O4S2. The Kier molecular flexibility index (Phi) is 5.23. The lowest BCUT2D eigenvalue weighted by Crippen LogP contribution is -2.31. The molecule has 114 valence electrons. The Balaban J connectivity index is 1.92. The zero-order valence-electron chi connectivity index (χ0n) is 11.4. The Morgan fingerprint density at radius 3 is 2.86 bits per heavy atom. The number of nitrogens with zero attached hydrogens (tertiary/aromatic N) is 2. The van der Waals surface area contributed by atoms with Crippen LogP contribution in [0.15, 0.2) is 34.0 Å². The van der Waals surface area contributed by atoms with Crippen molar-refractivity contribution in [3.63, 3.8) is 0 Å². The smallest absolute Gasteiger partial charge is 0.270 e. The monoisotopic (exact) mass is 337 g/mol. The van der Waals surface area contributed by atoms with Crippen LogP contribution < -0.4 is 5.32 Å². The van der Waals surface area contributed by atoms with Crippen LogP contribution in [0, 0.1) is 17.0 Å². The number of hydrogen-bond acceptors (Lipinski definition) is 7. The van der Waals surface area contributed by atoms with Crippen molar-refractivity contribution in [3.05, 3.63) is 51.0 Å². The first-order chi connectivity index (χ1) is 10.5. The van der Waals surface area contributed by atoms with Crippen molar-refractivity contribution >= 4 is 40.6 Å². The number of hydrogen-bond donors (Lipinski definition) is 1. The van der Waals surface area contributed by atoms with Gasteiger partial charge in [-0.3, -0.25) is 25.0 Å². The summed E-state index contributed by atoms with van der Waals surface area (Å²) in [5, 5.41) is 14.7. The highest BCUT2D eigenvalue weighted by Gasteiger charge is 2.14. The van der Waals surface area contributed by atoms with Crippen LogP contribution in [-0.2, 0) is 4.79 Å². The van der Waals surface area contributed by atoms with Gasteiger partial charge in [0, 0.05) is 28.8 Å². The molecule has 0 unspecified atom stereocenters. The molecule has 1 aromatic carbocycles. The zero-order valence-corrected chi connectivity index (χ0v) is 13.1. The van der Waals surface area contributed by atoms with Crippen molar-refractivity contribution in [1.82, 2.24) is 10.3 Å². The van der Waals surface area contributed by atoms with E-state index < -0.39 is 16.7 Å². The van der Waals surface area contributed by atoms with E-state index in [1.54, 1.807) is 0 Å². The summed E-state index contributed by atoms with van der Waals surface area (Å²) in [6.07, 6.45) is 0. The van der Waals surface area contributed by atoms with Crippen LogP contribution in [-0.4, -0.2) is 27.5 Å². The molecule has 0 atom stereocenters. The van der Waals surface area contributed by atoms with E-state index >= 15 is 0 Å². The molecule has 0 aliphatic carbocycles. The third kappa shape index (κ3) is 4.37. The van der Waals surface area contributed by atoms with Crippen molar-refractivity contribution in [2.45, 2.75) is 11.3 Å². The molecule has 0 saturated carbocycles. The van der Waals surface area contributed by atoms with Crippen molar-refractivity contribution in [3.8, 4) is 0 Å². The molecule has 0 aliphatic rings. The summed E-state index contributed by atoms with van der Waals surface area (Å²) in [7, 11) is 0. The number of thiazole rings is 1. The maximum atomic E-state index is 11.9. The summed E-state index contributed by atoms with van der Waals surface area (Å²) in [6.45, 7) is 1.85. The summed E-state index contributed by atoms with van der Waals surface area (Å²) in [6, 6.07) is 5.21. The summed E-state index contributed by atoms with van der Waals surface area (Å²) in [4.78, 5) is 37.8. The number of rotatable bonds is 5. The topological polar surface area (TPSA) is 102 Å². The van der Waals surface area contributed by atoms with E-state index in [0.29, 0.717) is 0 Å². The van der Waals surface area contributed by atoms with Crippen LogP contribution in [0.2, 0.25) is 0 Å². The van der Waals surface area contributed by atoms with E-state index in [4.69, 9.17) is 0 Å². The molecule has 2 amide bonds. The molecule has 1 heterocycles. The first-order valence-corrected chi connectivity index (χ1v) is 7.96. The molecule has 2 aromatic rings. The van der Waals surface area contributed by atoms with E-state index in [9.17, 15) is 19.7 Å². The van der Waals surface area contributed by atoms with E-state index in [0.717, 1.165) is 16.1 Å². The molecule has 7 nitrogen and oxygen atoms in total. The summed E-state index contributed by atoms with van der Waals surface area (Å²) < 4.78 is 0.746. The van der Waals surface area contributed by atoms with E-state index in [-0.39, 0.29) is 17.0 Å². The van der Waals surface area contributed by atoms with E-state index in [2.05, 4.69) is 10.3 Å². The molecule has 9 heteroatoms. The fraction of sp³-hybridized carbons (Fsp3) is 0.154. The highest BCUT2D eigenvalue weighted by Crippen LogP contribution is 2.21. The van der Waals surface area contributed by atoms with Crippen LogP contribution in [0.5, 0.6) is 0 Å². The van der Waals surface area contributed by atoms with Gasteiger partial charge in [0.2, 0.25) is 5.91 Å². The number of amides is 2. The average molecular weight is 337 g/mol. The van der Waals surface area contributed by atoms with Gasteiger partial charge in [0.05, 0.1) is 10.7 Å². The first-order valence-electron chi connectivity index (χ1n) is 6.09. The lowest BCUT2D eigenvalue weighted by Gasteiger charge is -2.03. The number of benzene rings is 1. The standard InChI is InChI=1S/C13H11N3O4S2/c1-8-6-21-13(14-8)22-7-11(17)15-12(18)9-3-2-4-10(5-9)16(19)20/h2-6H,7H2,1H3,(H,15,17,18). The van der Waals surface area contributed by atoms with Crippen molar-refractivity contribution < 1.29 is 14.5 Å². The van der Waals surface area contributed by atoms with Gasteiger partial charge in [0.15, 0.2) is 4.34 Å². The average Bonchev–Trinajstić information content (AvgIpc) is 2.91. The largest absolute Gasteiger partial charge is 0.292 e. The van der Waals surface area contributed by atoms with E-state index in [1.165, 1.54) is 41.3 Å². The van der Waals surface area contributed by atoms with Gasteiger partial charge in [-0.1, -0.05) is 17.8 Å². The van der Waals surface area contributed by atoms with E-state index in [1.807, 2.05) is 12.3 Å². The Morgan fingerprint density at radius 2 is 2.23 bits per heavy atom. The lowest BCUT2D eigenvalue weighted by molar-refractivity contribution is -0.384. The molecule has 0 aliphatic heterocycles. The summed E-state index contributed by atoms with van der Waals surface area (Å²) >= 11 is 2.65. The third-order valence-electron chi connectivity index (χ3n) is 2.50. The minimum Gasteiger partial charge on any atom is -0.292 e. The predicted octanol–water partition coefficient (Wildman–Crippen LogP) is 2.41. The van der Waals surface area contributed by atoms with Gasteiger partial charge in [-0.25, -0.2) is 4.98 Å². The molecule has 2 rings (SSSR count). The number of nitro groups is 1. The summed E-state index contributed by atoms with van der Waals surface area (Å²) in [5.41, 5.74) is 0.742. The second-order valence-corrected chi connectivity index (χ2v) is 6.31. The number of thioether (sulfide) groups is 1. The number of imide groups is 1. The number of non-ortho nitro benzene ring substituents is 1. The van der Waals surface area contributed by atoms with Gasteiger partial charge in [0.25, 0.3) is 11.6 Å². The SMILES string of the molecule is Cc1csc(SCC(=O)NC(=O)c2cccc([N+](=O)[O-])c2)n1. The third-order valence-corrected chi connectivity index (χ3v) is 4.64. The fourth-order valence-corrected chi connectivity index (χ4v) is 3.17. The minimum atomic E-state index is -0.662. The first kappa shape index (κ1) is 16.1. The molecule has 22 heavy (non-hydrogen) atoms. The molecule has 0 bridgehead atoms. The Bertz CT molecular complexity index is 730. The quantitative estimate of drug-likeness (QED) is 0.510. The predicted molar refractivity (Wildman–Crippen MR) is 83.1 cm³/mol. The Hall–Kier alpha value is -2.26. The maximum Gasteiger partial charge on any atom is 0.270 e. The fourth-order valence-electron chi connectivity index (χ4n) is 1.52. The second kappa shape index (κ2) is 7.14. The van der Waals surface area contributed by atoms with Crippen molar-refractivity contribution in [1.29, 1.82) is 0 Å². The highest BCUT2D eigenvalue weighted by molar-refractivity contribution is 8.01. The molecular weight excluding hydrogens is 326 g/mol. The van der Waals surface area contributed by atoms with Crippen molar-refractivity contribution in [2.24, 2.45) is 0 Å². The second-order valence-electron chi connectivity index (χ2n) is 4.23. The van der Waals surface area contributed by atoms with Gasteiger partial charge in [-0.05, 0) is 13.0 Å². The Labute approximate surface area is 133 Å². The minimum absolute atomic E-state index is 0.0492. The number of aryl methyl sites for hydroxylation is 1. The summed E-state index contributed by atoms with van der Waals surface area (Å²) in [5.74, 6) is -1.09. The number of carbonyl (C=O) groups is 2. The molecule has 0 saturated heterocycles. The zero-order chi connectivity index (χ0) is 16.1. The van der Waals surface area contributed by atoms with Gasteiger partial charge in [-0.2, -0.15) is 0 Å². The Morgan fingerprint density at radius 1 is 1.45 bits per heavy atom. The van der Waals surface area contributed by atoms with Crippen LogP contribution in [0.25, 0.3) is 0 Å². The van der Waals surface area contributed by atoms with Crippen LogP contribution >= 0.6 is 23.1 Å². The molecule has 0 spiro atoms. The number of carbonyl (C=O) groups excluding carboxylic acids is 2. The molecule has 0 fully saturated rings. The lowest BCUT2D eigenvalue weighted by atomic mass is 10.2. The van der Waals surface area contributed by atoms with Crippen molar-refractivity contribution in [2.75, 3.05) is 5.75 Å². The molecule has 1 aromatic heterocycles. The van der Waals surface area contributed by atoms with Crippen LogP contribution in [0.4, 0.5) is 5.69 Å². The van der Waals surface area contributed by atoms with Gasteiger partial charge in [-0.15, -0.1) is 11.3 Å². The van der Waals surface area contributed by atoms with Gasteiger partial charge >= 0.3 is 0 Å². The number of aromatic nitrogens is 1. The van der Waals surface area contributed by atoms with Crippen LogP contribution in [0.3, 0.4) is 0 Å².